The minimum Gasteiger partial charge on any atom is -0.354 e. The van der Waals surface area contributed by atoms with E-state index in [0.29, 0.717) is 0 Å². The van der Waals surface area contributed by atoms with Gasteiger partial charge in [-0.2, -0.15) is 0 Å². The first-order chi connectivity index (χ1) is 9.43. The molecule has 2 aliphatic rings. The van der Waals surface area contributed by atoms with Gasteiger partial charge < -0.3 is 5.32 Å². The summed E-state index contributed by atoms with van der Waals surface area (Å²) in [5, 5.41) is 3.54. The molecular formula is C18H13N. The van der Waals surface area contributed by atoms with E-state index in [-0.39, 0.29) is 0 Å². The van der Waals surface area contributed by atoms with Gasteiger partial charge in [-0.1, -0.05) is 60.7 Å². The smallest absolute Gasteiger partial charge is 0.0470 e. The average Bonchev–Trinajstić information content (AvgIpc) is 2.44. The molecule has 1 aliphatic carbocycles. The second kappa shape index (κ2) is 3.99. The van der Waals surface area contributed by atoms with Crippen LogP contribution in [-0.4, -0.2) is 0 Å². The zero-order valence-electron chi connectivity index (χ0n) is 10.4. The normalized spacial score (nSPS) is 20.7. The number of para-hydroxylation sites is 1. The second-order valence-electron chi connectivity index (χ2n) is 4.76. The van der Waals surface area contributed by atoms with Gasteiger partial charge in [0.1, 0.15) is 0 Å². The van der Waals surface area contributed by atoms with Crippen LogP contribution in [0.3, 0.4) is 0 Å². The predicted molar refractivity (Wildman–Crippen MR) is 81.7 cm³/mol. The van der Waals surface area contributed by atoms with E-state index in [1.807, 2.05) is 0 Å². The summed E-state index contributed by atoms with van der Waals surface area (Å²) in [5.41, 5.74) is 7.48. The van der Waals surface area contributed by atoms with Gasteiger partial charge in [0.05, 0.1) is 0 Å². The van der Waals surface area contributed by atoms with E-state index < -0.39 is 0 Å². The minimum absolute atomic E-state index is 1.17. The molecule has 1 nitrogen and oxygen atoms in total. The maximum Gasteiger partial charge on any atom is 0.0470 e. The lowest BCUT2D eigenvalue weighted by Gasteiger charge is -2.26. The van der Waals surface area contributed by atoms with Crippen molar-refractivity contribution >= 4 is 17.5 Å². The highest BCUT2D eigenvalue weighted by Gasteiger charge is 2.20. The maximum atomic E-state index is 3.54. The Morgan fingerprint density at radius 1 is 0.737 bits per heavy atom. The maximum absolute atomic E-state index is 3.54. The standard InChI is InChI=1S/C18H13N/c1-2-7-13-8-6-10-15-14-9-4-5-11-16(14)19-17(12-3-1)18(13)15/h1-12,19H/b2-1?,3-1-,7-2-,12-3?,13-7?,17-12+. The van der Waals surface area contributed by atoms with Gasteiger partial charge in [-0.25, -0.2) is 0 Å². The van der Waals surface area contributed by atoms with Gasteiger partial charge >= 0.3 is 0 Å². The molecule has 1 N–H and O–H groups in total. The summed E-state index contributed by atoms with van der Waals surface area (Å²) in [6.07, 6.45) is 10.5. The van der Waals surface area contributed by atoms with Crippen LogP contribution in [0.15, 0.2) is 66.8 Å². The van der Waals surface area contributed by atoms with E-state index in [0.717, 1.165) is 0 Å². The van der Waals surface area contributed by atoms with Crippen LogP contribution in [0.1, 0.15) is 11.1 Å². The molecule has 0 radical (unpaired) electrons. The molecule has 0 unspecified atom stereocenters. The molecule has 0 saturated carbocycles. The first-order valence-electron chi connectivity index (χ1n) is 6.48. The van der Waals surface area contributed by atoms with Crippen molar-refractivity contribution in [2.45, 2.75) is 0 Å². The monoisotopic (exact) mass is 243 g/mol. The third kappa shape index (κ3) is 1.55. The average molecular weight is 243 g/mol. The van der Waals surface area contributed by atoms with Gasteiger partial charge in [0.15, 0.2) is 0 Å². The SMILES string of the molecule is C1=C\C=C2\Nc3ccccc3-c3cccc(c32)\C=C/1. The van der Waals surface area contributed by atoms with Crippen LogP contribution in [0.4, 0.5) is 5.69 Å². The lowest BCUT2D eigenvalue weighted by atomic mass is 9.88. The fourth-order valence-corrected chi connectivity index (χ4v) is 2.77. The summed E-state index contributed by atoms with van der Waals surface area (Å²) >= 11 is 0. The molecule has 0 aromatic heterocycles. The first-order valence-corrected chi connectivity index (χ1v) is 6.48. The Labute approximate surface area is 112 Å². The van der Waals surface area contributed by atoms with Crippen molar-refractivity contribution in [1.82, 2.24) is 0 Å². The van der Waals surface area contributed by atoms with Crippen molar-refractivity contribution in [2.75, 3.05) is 5.32 Å². The highest BCUT2D eigenvalue weighted by atomic mass is 14.9. The summed E-state index contributed by atoms with van der Waals surface area (Å²) in [4.78, 5) is 0. The summed E-state index contributed by atoms with van der Waals surface area (Å²) in [7, 11) is 0. The Morgan fingerprint density at radius 2 is 1.63 bits per heavy atom. The van der Waals surface area contributed by atoms with Crippen molar-refractivity contribution in [1.29, 1.82) is 0 Å². The molecule has 0 fully saturated rings. The first kappa shape index (κ1) is 10.4. The lowest BCUT2D eigenvalue weighted by molar-refractivity contribution is 1.44. The largest absolute Gasteiger partial charge is 0.354 e. The third-order valence-corrected chi connectivity index (χ3v) is 3.61. The quantitative estimate of drug-likeness (QED) is 0.707. The molecule has 90 valence electrons. The van der Waals surface area contributed by atoms with Crippen LogP contribution in [0.25, 0.3) is 22.9 Å². The number of allylic oxidation sites excluding steroid dienone is 4. The van der Waals surface area contributed by atoms with Crippen molar-refractivity contribution in [3.05, 3.63) is 77.9 Å². The molecule has 0 amide bonds. The highest BCUT2D eigenvalue weighted by molar-refractivity contribution is 6.00. The van der Waals surface area contributed by atoms with E-state index in [2.05, 4.69) is 78.2 Å². The van der Waals surface area contributed by atoms with Crippen molar-refractivity contribution in [3.63, 3.8) is 0 Å². The number of rotatable bonds is 0. The lowest BCUT2D eigenvalue weighted by Crippen LogP contribution is -2.09. The molecule has 0 atom stereocenters. The van der Waals surface area contributed by atoms with E-state index in [1.165, 1.54) is 33.6 Å². The summed E-state index contributed by atoms with van der Waals surface area (Å²) in [5.74, 6) is 0. The topological polar surface area (TPSA) is 12.0 Å². The van der Waals surface area contributed by atoms with Crippen LogP contribution >= 0.6 is 0 Å². The van der Waals surface area contributed by atoms with Crippen LogP contribution in [0.5, 0.6) is 0 Å². The zero-order chi connectivity index (χ0) is 12.7. The van der Waals surface area contributed by atoms with Crippen LogP contribution in [0, 0.1) is 0 Å². The predicted octanol–water partition coefficient (Wildman–Crippen LogP) is 4.70. The van der Waals surface area contributed by atoms with E-state index in [9.17, 15) is 0 Å². The van der Waals surface area contributed by atoms with Crippen molar-refractivity contribution in [3.8, 4) is 11.1 Å². The summed E-state index contributed by atoms with van der Waals surface area (Å²) in [6.45, 7) is 0. The molecule has 1 heterocycles. The Bertz CT molecular complexity index is 748. The van der Waals surface area contributed by atoms with Gasteiger partial charge in [0.25, 0.3) is 0 Å². The molecule has 2 aromatic carbocycles. The molecular weight excluding hydrogens is 230 g/mol. The molecule has 1 heteroatoms. The molecule has 2 aromatic rings. The van der Waals surface area contributed by atoms with Crippen LogP contribution in [0.2, 0.25) is 0 Å². The van der Waals surface area contributed by atoms with Gasteiger partial charge in [0, 0.05) is 22.5 Å². The molecule has 1 aliphatic heterocycles. The van der Waals surface area contributed by atoms with Gasteiger partial charge in [-0.3, -0.25) is 0 Å². The van der Waals surface area contributed by atoms with Gasteiger partial charge in [-0.05, 0) is 23.3 Å². The Morgan fingerprint density at radius 3 is 2.63 bits per heavy atom. The zero-order valence-corrected chi connectivity index (χ0v) is 10.4. The Balaban J connectivity index is 2.10. The van der Waals surface area contributed by atoms with E-state index >= 15 is 0 Å². The Hall–Kier alpha value is -2.54. The number of fused-ring (bicyclic) bond motifs is 2. The molecule has 0 bridgehead atoms. The number of anilines is 1. The molecule has 0 saturated heterocycles. The second-order valence-corrected chi connectivity index (χ2v) is 4.76. The number of benzene rings is 2. The molecule has 0 spiro atoms. The summed E-state index contributed by atoms with van der Waals surface area (Å²) < 4.78 is 0. The van der Waals surface area contributed by atoms with E-state index in [1.54, 1.807) is 0 Å². The van der Waals surface area contributed by atoms with Gasteiger partial charge in [0.2, 0.25) is 0 Å². The van der Waals surface area contributed by atoms with Crippen molar-refractivity contribution in [2.24, 2.45) is 0 Å². The summed E-state index contributed by atoms with van der Waals surface area (Å²) in [6, 6.07) is 15.0. The molecule has 4 rings (SSSR count). The minimum atomic E-state index is 1.17. The number of hydrogen-bond acceptors (Lipinski definition) is 1. The number of nitrogens with one attached hydrogen (secondary N) is 1. The number of hydrogen-bond donors (Lipinski definition) is 1. The van der Waals surface area contributed by atoms with Gasteiger partial charge in [-0.15, -0.1) is 0 Å². The fraction of sp³-hybridized carbons (Fsp3) is 0. The Kier molecular flexibility index (Phi) is 2.18. The third-order valence-electron chi connectivity index (χ3n) is 3.61. The van der Waals surface area contributed by atoms with E-state index in [4.69, 9.17) is 0 Å². The highest BCUT2D eigenvalue weighted by Crippen LogP contribution is 2.42. The van der Waals surface area contributed by atoms with Crippen LogP contribution < -0.4 is 5.32 Å². The van der Waals surface area contributed by atoms with Crippen molar-refractivity contribution < 1.29 is 0 Å². The van der Waals surface area contributed by atoms with Crippen LogP contribution in [-0.2, 0) is 0 Å². The fourth-order valence-electron chi connectivity index (χ4n) is 2.77. The molecule has 19 heavy (non-hydrogen) atoms.